The lowest BCUT2D eigenvalue weighted by Gasteiger charge is -2.29. The van der Waals surface area contributed by atoms with Gasteiger partial charge in [0.2, 0.25) is 47.0 Å². The summed E-state index contributed by atoms with van der Waals surface area (Å²) in [5.74, 6) is -7.90. The molecule has 0 aliphatic heterocycles. The van der Waals surface area contributed by atoms with Gasteiger partial charge in [-0.1, -0.05) is 38.3 Å². The van der Waals surface area contributed by atoms with Gasteiger partial charge >= 0.3 is 23.9 Å². The number of hydrogen-bond acceptors (Lipinski definition) is 23. The van der Waals surface area contributed by atoms with Gasteiger partial charge in [0.05, 0.1) is 156 Å². The molecule has 6 aromatic carbocycles. The van der Waals surface area contributed by atoms with E-state index in [-0.39, 0.29) is 143 Å². The summed E-state index contributed by atoms with van der Waals surface area (Å²) in [7, 11) is 1.26. The molecular weight excluding hydrogens is 1570 g/mol. The Hall–Kier alpha value is -14.3. The lowest BCUT2D eigenvalue weighted by molar-refractivity contribution is 0.0226. The zero-order valence-corrected chi connectivity index (χ0v) is 66.9. The highest BCUT2D eigenvalue weighted by atomic mass is 16.5. The lowest BCUT2D eigenvalue weighted by Crippen LogP contribution is -2.24. The molecule has 0 amide bonds. The van der Waals surface area contributed by atoms with Crippen molar-refractivity contribution in [3.8, 4) is 131 Å². The van der Waals surface area contributed by atoms with E-state index in [0.29, 0.717) is 91.6 Å². The van der Waals surface area contributed by atoms with Crippen molar-refractivity contribution in [1.29, 1.82) is 0 Å². The maximum absolute atomic E-state index is 14.5. The van der Waals surface area contributed by atoms with E-state index in [4.69, 9.17) is 33.5 Å². The van der Waals surface area contributed by atoms with E-state index in [1.807, 2.05) is 24.3 Å². The third kappa shape index (κ3) is 15.0. The van der Waals surface area contributed by atoms with Crippen LogP contribution in [0.4, 0.5) is 0 Å². The number of nitrogens with zero attached hydrogens (tertiary/aromatic N) is 7. The molecule has 0 saturated heterocycles. The number of carboxylic acid groups (broad SMARTS) is 1. The number of aromatic hydroxyl groups is 8. The number of aromatic nitrogens is 7. The minimum absolute atomic E-state index is 0.0461. The average Bonchev–Trinajstić information content (AvgIpc) is 1.52. The van der Waals surface area contributed by atoms with Crippen molar-refractivity contribution < 1.29 is 93.6 Å². The third-order valence-electron chi connectivity index (χ3n) is 23.1. The standard InChI is InChI=1S/C92H87N7O23/c1-4-5-6-9-32-117-62-22-16-51(17-23-62)52-18-24-63(25-19-52)119-34-13-14-37-122-92(116)55-41-58(95-79(102)67-47-65-66(48-68(67)80(95)103)78(101)94(3)77(65)100)45-59(42-55)97-85(108)73-74(86(97)109)76-75(73)87(110)99(88(76)111)61-44-56(91(115)121-36-12-8-15-50-28-30-93-31-29-50)43-60(46-61)98-83(106)71-69-70(72(71)84(98)107)82(105)96(81(69)104)57-39-49(2)38-54(40-57)90(114)120-35-11-7-10-33-118-64-26-20-53(21-27-64)89(112)113/h18-21,24-31,38-48,51,62,104-111H,4-17,22-23,32-37H2,1-3H3,(H,112,113). The van der Waals surface area contributed by atoms with E-state index in [1.54, 1.807) is 43.6 Å². The second-order valence-electron chi connectivity index (χ2n) is 31.0. The van der Waals surface area contributed by atoms with Crippen molar-refractivity contribution in [1.82, 2.24) is 32.4 Å². The van der Waals surface area contributed by atoms with Crippen LogP contribution in [0, 0.1) is 6.92 Å². The van der Waals surface area contributed by atoms with E-state index in [0.717, 1.165) is 79.2 Å². The van der Waals surface area contributed by atoms with Gasteiger partial charge in [0.25, 0.3) is 22.2 Å². The highest BCUT2D eigenvalue weighted by molar-refractivity contribution is 6.15. The van der Waals surface area contributed by atoms with Crippen LogP contribution in [-0.4, -0.2) is 148 Å². The van der Waals surface area contributed by atoms with Gasteiger partial charge < -0.3 is 74.4 Å². The van der Waals surface area contributed by atoms with Crippen LogP contribution in [0.1, 0.15) is 167 Å². The Kier molecular flexibility index (Phi) is 22.6. The molecule has 30 heteroatoms. The number of carboxylic acids is 1. The fourth-order valence-electron chi connectivity index (χ4n) is 16.8. The Morgan fingerprint density at radius 2 is 0.746 bits per heavy atom. The Bertz CT molecular complexity index is 6340. The van der Waals surface area contributed by atoms with Gasteiger partial charge in [-0.2, -0.15) is 0 Å². The lowest BCUT2D eigenvalue weighted by atomic mass is 9.83. The Labute approximate surface area is 695 Å². The zero-order valence-electron chi connectivity index (χ0n) is 66.9. The molecule has 0 spiro atoms. The van der Waals surface area contributed by atoms with Gasteiger partial charge in [0.1, 0.15) is 11.5 Å². The normalized spacial score (nSPS) is 13.8. The van der Waals surface area contributed by atoms with Crippen LogP contribution < -0.4 is 31.7 Å². The molecule has 9 N–H and O–H groups in total. The first-order valence-corrected chi connectivity index (χ1v) is 40.6. The van der Waals surface area contributed by atoms with E-state index in [2.05, 4.69) is 24.0 Å². The van der Waals surface area contributed by atoms with Gasteiger partial charge in [-0.15, -0.1) is 0 Å². The van der Waals surface area contributed by atoms with E-state index < -0.39 is 93.2 Å². The molecule has 30 nitrogen and oxygen atoms in total. The number of hydrogen-bond donors (Lipinski definition) is 9. The number of carbonyl (C=O) groups excluding carboxylic acids is 3. The SMILES string of the molecule is CCCCCCOC1CCC(c2ccc(OCCCCOC(=O)c3cc(-n4c(O)c5c(c4O)-c4c-5c(O)n(-c5cc(C(=O)OCCCCc6ccncc6)cc(-n6c(O)c7c(c6O)-c6c-7c(O)n(-c7cc(C)cc(C(=O)OCCCCCOc8ccc(C(=O)O)cc8)c7)c6O)c5)c4O)cc(-n4c(=O)c5cc6c(=O)n(C)c(=O)c6cc5c4=O)c3)cc2)CC1. The highest BCUT2D eigenvalue weighted by Gasteiger charge is 2.46. The van der Waals surface area contributed by atoms with Crippen molar-refractivity contribution in [2.24, 2.45) is 7.05 Å². The number of fused-ring (bicyclic) bond motifs is 10. The second-order valence-corrected chi connectivity index (χ2v) is 31.0. The summed E-state index contributed by atoms with van der Waals surface area (Å²) in [6.45, 7) is 5.13. The maximum Gasteiger partial charge on any atom is 0.338 e. The Morgan fingerprint density at radius 1 is 0.385 bits per heavy atom. The summed E-state index contributed by atoms with van der Waals surface area (Å²) < 4.78 is 40.2. The van der Waals surface area contributed by atoms with Gasteiger partial charge in [-0.05, 0) is 228 Å². The molecule has 3 aliphatic carbocycles. The quantitative estimate of drug-likeness (QED) is 0.0103. The molecule has 1 fully saturated rings. The zero-order chi connectivity index (χ0) is 85.6. The van der Waals surface area contributed by atoms with Crippen LogP contribution in [0.3, 0.4) is 0 Å². The van der Waals surface area contributed by atoms with Crippen LogP contribution in [-0.2, 0) is 32.4 Å². The van der Waals surface area contributed by atoms with Crippen LogP contribution in [0.25, 0.3) is 94.5 Å². The summed E-state index contributed by atoms with van der Waals surface area (Å²) >= 11 is 0. The van der Waals surface area contributed by atoms with Crippen molar-refractivity contribution in [3.05, 3.63) is 220 Å². The predicted octanol–water partition coefficient (Wildman–Crippen LogP) is 14.2. The third-order valence-corrected chi connectivity index (χ3v) is 23.1. The number of rotatable bonds is 34. The van der Waals surface area contributed by atoms with E-state index in [9.17, 15) is 79.2 Å². The van der Waals surface area contributed by atoms with Gasteiger partial charge in [0, 0.05) is 26.0 Å². The monoisotopic (exact) mass is 1660 g/mol. The summed E-state index contributed by atoms with van der Waals surface area (Å²) in [5, 5.41) is 107. The van der Waals surface area contributed by atoms with Crippen LogP contribution >= 0.6 is 0 Å². The summed E-state index contributed by atoms with van der Waals surface area (Å²) in [6, 6.07) is 31.8. The molecule has 0 bridgehead atoms. The number of aryl methyl sites for hydroxylation is 2. The summed E-state index contributed by atoms with van der Waals surface area (Å²) in [5.41, 5.74) is -3.35. The number of pyridine rings is 1. The second kappa shape index (κ2) is 33.8. The molecule has 628 valence electrons. The van der Waals surface area contributed by atoms with E-state index >= 15 is 0 Å². The van der Waals surface area contributed by atoms with Crippen molar-refractivity contribution in [2.75, 3.05) is 39.6 Å². The molecule has 122 heavy (non-hydrogen) atoms. The molecule has 0 radical (unpaired) electrons. The van der Waals surface area contributed by atoms with Gasteiger partial charge in [-0.3, -0.25) is 47.0 Å². The van der Waals surface area contributed by atoms with Crippen LogP contribution in [0.5, 0.6) is 58.5 Å². The number of unbranched alkanes of at least 4 members (excludes halogenated alkanes) is 7. The predicted molar refractivity (Wildman–Crippen MR) is 448 cm³/mol. The average molecular weight is 1660 g/mol. The maximum atomic E-state index is 14.5. The first-order chi connectivity index (χ1) is 58.9. The molecule has 13 aromatic rings. The molecule has 16 rings (SSSR count). The highest BCUT2D eigenvalue weighted by Crippen LogP contribution is 2.68. The molecule has 1 saturated carbocycles. The minimum Gasteiger partial charge on any atom is -0.494 e. The van der Waals surface area contributed by atoms with Crippen molar-refractivity contribution in [2.45, 2.75) is 129 Å². The number of esters is 3. The number of aromatic carboxylic acids is 1. The van der Waals surface area contributed by atoms with E-state index in [1.165, 1.54) is 86.5 Å². The van der Waals surface area contributed by atoms with Crippen LogP contribution in [0.2, 0.25) is 0 Å². The number of benzene rings is 6. The molecule has 0 unspecified atom stereocenters. The van der Waals surface area contributed by atoms with Crippen molar-refractivity contribution >= 4 is 45.4 Å². The molecular formula is C92H87N7O23. The summed E-state index contributed by atoms with van der Waals surface area (Å²) in [4.78, 5) is 113. The first kappa shape index (κ1) is 81.5. The van der Waals surface area contributed by atoms with Crippen LogP contribution in [0.15, 0.2) is 159 Å². The minimum atomic E-state index is -1.05. The Morgan fingerprint density at radius 3 is 1.18 bits per heavy atom. The Balaban J connectivity index is 0.666. The molecule has 0 atom stereocenters. The number of ether oxygens (including phenoxy) is 6. The summed E-state index contributed by atoms with van der Waals surface area (Å²) in [6.07, 6.45) is 16.6. The largest absolute Gasteiger partial charge is 0.494 e. The fourth-order valence-corrected chi connectivity index (χ4v) is 16.8. The molecule has 7 aromatic heterocycles. The molecule has 7 heterocycles. The number of carbonyl (C=O) groups is 4. The van der Waals surface area contributed by atoms with Gasteiger partial charge in [-0.25, -0.2) is 23.7 Å². The van der Waals surface area contributed by atoms with Gasteiger partial charge in [0.15, 0.2) is 0 Å². The smallest absolute Gasteiger partial charge is 0.338 e. The topological polar surface area (TPSA) is 416 Å². The molecule has 3 aliphatic rings. The fraction of sp³-hybridized carbons (Fsp3) is 0.293. The van der Waals surface area contributed by atoms with Crippen molar-refractivity contribution in [3.63, 3.8) is 0 Å². The first-order valence-electron chi connectivity index (χ1n) is 40.6.